The van der Waals surface area contributed by atoms with Gasteiger partial charge in [-0.3, -0.25) is 9.78 Å². The first-order valence-corrected chi connectivity index (χ1v) is 8.10. The summed E-state index contributed by atoms with van der Waals surface area (Å²) < 4.78 is 10.6. The highest BCUT2D eigenvalue weighted by Crippen LogP contribution is 2.37. The van der Waals surface area contributed by atoms with Gasteiger partial charge in [0.2, 0.25) is 5.91 Å². The normalized spacial score (nSPS) is 11.8. The van der Waals surface area contributed by atoms with Gasteiger partial charge in [0.1, 0.15) is 11.3 Å². The number of benzene rings is 2. The van der Waals surface area contributed by atoms with E-state index >= 15 is 0 Å². The Bertz CT molecular complexity index is 956. The van der Waals surface area contributed by atoms with Gasteiger partial charge in [0.25, 0.3) is 0 Å². The fraction of sp³-hybridized carbons (Fsp3) is 0.200. The van der Waals surface area contributed by atoms with Crippen LogP contribution in [0.15, 0.2) is 48.7 Å². The van der Waals surface area contributed by atoms with Gasteiger partial charge in [-0.25, -0.2) is 0 Å². The predicted molar refractivity (Wildman–Crippen MR) is 98.6 cm³/mol. The quantitative estimate of drug-likeness (QED) is 0.737. The number of rotatable bonds is 5. The van der Waals surface area contributed by atoms with Crippen molar-refractivity contribution in [1.29, 1.82) is 0 Å². The van der Waals surface area contributed by atoms with Gasteiger partial charge in [-0.05, 0) is 23.8 Å². The number of hydrogen-bond acceptors (Lipinski definition) is 5. The zero-order valence-corrected chi connectivity index (χ0v) is 14.8. The molecule has 6 nitrogen and oxygen atoms in total. The van der Waals surface area contributed by atoms with Crippen molar-refractivity contribution < 1.29 is 19.4 Å². The number of methoxy groups -OCH3 is 2. The van der Waals surface area contributed by atoms with Gasteiger partial charge >= 0.3 is 0 Å². The van der Waals surface area contributed by atoms with Crippen molar-refractivity contribution in [2.24, 2.45) is 0 Å². The van der Waals surface area contributed by atoms with E-state index in [1.807, 2.05) is 18.2 Å². The van der Waals surface area contributed by atoms with E-state index in [-0.39, 0.29) is 11.7 Å². The highest BCUT2D eigenvalue weighted by atomic mass is 16.5. The average Bonchev–Trinajstić information content (AvgIpc) is 2.66. The molecule has 0 fully saturated rings. The molecule has 0 bridgehead atoms. The molecule has 0 saturated heterocycles. The molecule has 0 aliphatic carbocycles. The number of aromatic nitrogens is 1. The summed E-state index contributed by atoms with van der Waals surface area (Å²) in [5.74, 6) is 0.947. The molecule has 134 valence electrons. The zero-order chi connectivity index (χ0) is 18.7. The summed E-state index contributed by atoms with van der Waals surface area (Å²) in [7, 11) is 3.11. The Kier molecular flexibility index (Phi) is 4.93. The van der Waals surface area contributed by atoms with Crippen LogP contribution >= 0.6 is 0 Å². The summed E-state index contributed by atoms with van der Waals surface area (Å²) >= 11 is 0. The second kappa shape index (κ2) is 7.31. The molecule has 3 aromatic rings. The summed E-state index contributed by atoms with van der Waals surface area (Å²) in [5.41, 5.74) is 1.79. The molecular weight excluding hydrogens is 332 g/mol. The number of hydrogen-bond donors (Lipinski definition) is 2. The van der Waals surface area contributed by atoms with E-state index < -0.39 is 6.04 Å². The van der Waals surface area contributed by atoms with Gasteiger partial charge in [-0.15, -0.1) is 0 Å². The molecule has 1 heterocycles. The number of fused-ring (bicyclic) bond motifs is 1. The fourth-order valence-corrected chi connectivity index (χ4v) is 2.95. The lowest BCUT2D eigenvalue weighted by atomic mass is 9.96. The minimum Gasteiger partial charge on any atom is -0.505 e. The molecule has 0 aliphatic heterocycles. The van der Waals surface area contributed by atoms with Crippen LogP contribution in [-0.2, 0) is 4.79 Å². The van der Waals surface area contributed by atoms with Crippen LogP contribution in [0.25, 0.3) is 10.9 Å². The van der Waals surface area contributed by atoms with Crippen molar-refractivity contribution in [3.05, 3.63) is 59.8 Å². The van der Waals surface area contributed by atoms with Crippen molar-refractivity contribution in [2.45, 2.75) is 13.0 Å². The maximum Gasteiger partial charge on any atom is 0.217 e. The first-order chi connectivity index (χ1) is 12.5. The molecule has 2 aromatic carbocycles. The zero-order valence-electron chi connectivity index (χ0n) is 14.8. The van der Waals surface area contributed by atoms with Crippen LogP contribution in [0.2, 0.25) is 0 Å². The molecular formula is C20H20N2O4. The maximum absolute atomic E-state index is 11.8. The van der Waals surface area contributed by atoms with E-state index in [2.05, 4.69) is 10.3 Å². The Morgan fingerprint density at radius 1 is 1.12 bits per heavy atom. The lowest BCUT2D eigenvalue weighted by Crippen LogP contribution is -2.27. The van der Waals surface area contributed by atoms with E-state index in [0.717, 1.165) is 10.9 Å². The molecule has 3 rings (SSSR count). The number of carbonyl (C=O) groups excluding carboxylic acids is 1. The largest absolute Gasteiger partial charge is 0.505 e. The van der Waals surface area contributed by atoms with Gasteiger partial charge in [-0.1, -0.05) is 24.3 Å². The molecule has 26 heavy (non-hydrogen) atoms. The van der Waals surface area contributed by atoms with Crippen molar-refractivity contribution >= 4 is 16.8 Å². The lowest BCUT2D eigenvalue weighted by Gasteiger charge is -2.21. The molecule has 1 amide bonds. The number of phenolic OH excluding ortho intramolecular Hbond substituents is 1. The third kappa shape index (κ3) is 3.26. The van der Waals surface area contributed by atoms with Gasteiger partial charge in [0.15, 0.2) is 11.5 Å². The standard InChI is InChI=1S/C20H20N2O4/c1-12(23)22-18(14-7-9-16(25-2)17(11-14)26-3)15-8-6-13-5-4-10-21-19(13)20(15)24/h4-11,18,24H,1-3H3,(H,22,23). The van der Waals surface area contributed by atoms with Gasteiger partial charge in [-0.2, -0.15) is 0 Å². The van der Waals surface area contributed by atoms with Gasteiger partial charge < -0.3 is 19.9 Å². The minimum atomic E-state index is -0.557. The van der Waals surface area contributed by atoms with Crippen LogP contribution in [-0.4, -0.2) is 30.2 Å². The number of nitrogens with one attached hydrogen (secondary N) is 1. The van der Waals surface area contributed by atoms with Crippen molar-refractivity contribution in [2.75, 3.05) is 14.2 Å². The molecule has 2 N–H and O–H groups in total. The molecule has 0 aliphatic rings. The highest BCUT2D eigenvalue weighted by Gasteiger charge is 2.22. The monoisotopic (exact) mass is 352 g/mol. The molecule has 1 atom stereocenters. The summed E-state index contributed by atoms with van der Waals surface area (Å²) in [6.07, 6.45) is 1.62. The second-order valence-electron chi connectivity index (χ2n) is 5.83. The van der Waals surface area contributed by atoms with Crippen LogP contribution in [0.4, 0.5) is 0 Å². The molecule has 0 radical (unpaired) electrons. The topological polar surface area (TPSA) is 80.7 Å². The van der Waals surface area contributed by atoms with Crippen LogP contribution < -0.4 is 14.8 Å². The lowest BCUT2D eigenvalue weighted by molar-refractivity contribution is -0.119. The van der Waals surface area contributed by atoms with E-state index in [0.29, 0.717) is 22.6 Å². The maximum atomic E-state index is 11.8. The Hall–Kier alpha value is -3.28. The molecule has 6 heteroatoms. The smallest absolute Gasteiger partial charge is 0.217 e. The number of pyridine rings is 1. The summed E-state index contributed by atoms with van der Waals surface area (Å²) in [5, 5.41) is 14.5. The van der Waals surface area contributed by atoms with E-state index in [1.54, 1.807) is 44.7 Å². The third-order valence-electron chi connectivity index (χ3n) is 4.18. The Labute approximate surface area is 151 Å². The summed E-state index contributed by atoms with van der Waals surface area (Å²) in [6, 6.07) is 12.1. The van der Waals surface area contributed by atoms with Crippen LogP contribution in [0.1, 0.15) is 24.1 Å². The molecule has 0 saturated carbocycles. The Balaban J connectivity index is 2.15. The first-order valence-electron chi connectivity index (χ1n) is 8.10. The predicted octanol–water partition coefficient (Wildman–Crippen LogP) is 3.18. The summed E-state index contributed by atoms with van der Waals surface area (Å²) in [6.45, 7) is 1.43. The SMILES string of the molecule is COc1ccc(C(NC(C)=O)c2ccc3cccnc3c2O)cc1OC. The van der Waals surface area contributed by atoms with Crippen molar-refractivity contribution in [3.63, 3.8) is 0 Å². The Morgan fingerprint density at radius 3 is 2.58 bits per heavy atom. The third-order valence-corrected chi connectivity index (χ3v) is 4.18. The van der Waals surface area contributed by atoms with Crippen molar-refractivity contribution in [1.82, 2.24) is 10.3 Å². The van der Waals surface area contributed by atoms with Gasteiger partial charge in [0, 0.05) is 24.1 Å². The highest BCUT2D eigenvalue weighted by molar-refractivity contribution is 5.86. The minimum absolute atomic E-state index is 0.0386. The number of phenols is 1. The number of carbonyl (C=O) groups is 1. The number of ether oxygens (including phenoxy) is 2. The van der Waals surface area contributed by atoms with Crippen molar-refractivity contribution in [3.8, 4) is 17.2 Å². The van der Waals surface area contributed by atoms with E-state index in [1.165, 1.54) is 6.92 Å². The first kappa shape index (κ1) is 17.5. The van der Waals surface area contributed by atoms with Crippen LogP contribution in [0.5, 0.6) is 17.2 Å². The average molecular weight is 352 g/mol. The molecule has 1 aromatic heterocycles. The molecule has 1 unspecified atom stereocenters. The Morgan fingerprint density at radius 2 is 1.88 bits per heavy atom. The van der Waals surface area contributed by atoms with Crippen LogP contribution in [0.3, 0.4) is 0 Å². The summed E-state index contributed by atoms with van der Waals surface area (Å²) in [4.78, 5) is 16.0. The van der Waals surface area contributed by atoms with E-state index in [9.17, 15) is 9.90 Å². The van der Waals surface area contributed by atoms with Crippen LogP contribution in [0, 0.1) is 0 Å². The second-order valence-corrected chi connectivity index (χ2v) is 5.83. The number of aromatic hydroxyl groups is 1. The van der Waals surface area contributed by atoms with E-state index in [4.69, 9.17) is 9.47 Å². The molecule has 0 spiro atoms. The number of amides is 1. The van der Waals surface area contributed by atoms with Gasteiger partial charge in [0.05, 0.1) is 20.3 Å². The fourth-order valence-electron chi connectivity index (χ4n) is 2.95. The number of nitrogens with zero attached hydrogens (tertiary/aromatic N) is 1.